The minimum absolute atomic E-state index is 0.156. The number of carbonyl (C=O) groups excluding carboxylic acids is 2. The minimum atomic E-state index is -0.902. The largest absolute Gasteiger partial charge is 0.350 e. The van der Waals surface area contributed by atoms with E-state index in [2.05, 4.69) is 15.7 Å². The summed E-state index contributed by atoms with van der Waals surface area (Å²) in [4.78, 5) is 25.1. The van der Waals surface area contributed by atoms with Crippen molar-refractivity contribution in [2.75, 3.05) is 5.32 Å². The highest BCUT2D eigenvalue weighted by molar-refractivity contribution is 6.04. The molecule has 2 aromatic carbocycles. The zero-order valence-electron chi connectivity index (χ0n) is 16.3. The molecule has 3 aromatic rings. The second-order valence-corrected chi connectivity index (χ2v) is 7.22. The lowest BCUT2D eigenvalue weighted by Gasteiger charge is -2.24. The van der Waals surface area contributed by atoms with Crippen LogP contribution in [0, 0.1) is 6.92 Å². The van der Waals surface area contributed by atoms with Gasteiger partial charge in [0.2, 0.25) is 5.91 Å². The lowest BCUT2D eigenvalue weighted by atomic mass is 10.0. The first kappa shape index (κ1) is 19.4. The van der Waals surface area contributed by atoms with Crippen molar-refractivity contribution in [2.24, 2.45) is 0 Å². The van der Waals surface area contributed by atoms with E-state index in [1.807, 2.05) is 55.5 Å². The van der Waals surface area contributed by atoms with E-state index in [4.69, 9.17) is 0 Å². The molecule has 28 heavy (non-hydrogen) atoms. The second kappa shape index (κ2) is 8.08. The molecule has 0 saturated carbocycles. The van der Waals surface area contributed by atoms with Crippen molar-refractivity contribution < 1.29 is 9.59 Å². The summed E-state index contributed by atoms with van der Waals surface area (Å²) in [6.45, 7) is 5.95. The van der Waals surface area contributed by atoms with Gasteiger partial charge in [-0.05, 0) is 38.5 Å². The van der Waals surface area contributed by atoms with Crippen molar-refractivity contribution in [3.8, 4) is 0 Å². The number of anilines is 1. The average Bonchev–Trinajstić information content (AvgIpc) is 3.16. The number of nitrogens with one attached hydrogen (secondary N) is 2. The number of hydrogen-bond acceptors (Lipinski definition) is 3. The summed E-state index contributed by atoms with van der Waals surface area (Å²) in [5, 5.41) is 10.0. The maximum Gasteiger partial charge on any atom is 0.255 e. The van der Waals surface area contributed by atoms with Crippen LogP contribution in [-0.4, -0.2) is 21.6 Å². The van der Waals surface area contributed by atoms with Crippen LogP contribution >= 0.6 is 0 Å². The number of rotatable bonds is 6. The highest BCUT2D eigenvalue weighted by Crippen LogP contribution is 2.18. The molecule has 0 saturated heterocycles. The van der Waals surface area contributed by atoms with Crippen molar-refractivity contribution in [3.63, 3.8) is 0 Å². The summed E-state index contributed by atoms with van der Waals surface area (Å²) < 4.78 is 1.55. The van der Waals surface area contributed by atoms with Crippen molar-refractivity contribution in [1.82, 2.24) is 15.1 Å². The van der Waals surface area contributed by atoms with E-state index in [1.165, 1.54) is 0 Å². The average molecular weight is 376 g/mol. The zero-order chi connectivity index (χ0) is 20.1. The minimum Gasteiger partial charge on any atom is -0.350 e. The maximum absolute atomic E-state index is 12.7. The normalized spacial score (nSPS) is 11.1. The van der Waals surface area contributed by atoms with Gasteiger partial charge >= 0.3 is 0 Å². The van der Waals surface area contributed by atoms with Gasteiger partial charge in [0.1, 0.15) is 5.54 Å². The molecule has 0 unspecified atom stereocenters. The molecule has 144 valence electrons. The number of hydrogen-bond donors (Lipinski definition) is 2. The van der Waals surface area contributed by atoms with Crippen LogP contribution in [0.4, 0.5) is 5.69 Å². The standard InChI is InChI=1S/C22H24N4O2/c1-16-8-7-11-18(12-16)20(27)25-19-14-24-26(15-19)22(2,3)21(28)23-13-17-9-5-4-6-10-17/h4-12,14-15H,13H2,1-3H3,(H,23,28)(H,25,27). The fourth-order valence-electron chi connectivity index (χ4n) is 2.78. The van der Waals surface area contributed by atoms with Crippen LogP contribution in [-0.2, 0) is 16.9 Å². The van der Waals surface area contributed by atoms with Crippen LogP contribution in [0.2, 0.25) is 0 Å². The van der Waals surface area contributed by atoms with E-state index in [9.17, 15) is 9.59 Å². The second-order valence-electron chi connectivity index (χ2n) is 7.22. The van der Waals surface area contributed by atoms with Crippen LogP contribution in [0.25, 0.3) is 0 Å². The van der Waals surface area contributed by atoms with Gasteiger partial charge in [0.05, 0.1) is 11.9 Å². The van der Waals surface area contributed by atoms with E-state index in [1.54, 1.807) is 37.0 Å². The van der Waals surface area contributed by atoms with Gasteiger partial charge in [-0.3, -0.25) is 14.3 Å². The first-order chi connectivity index (χ1) is 13.4. The molecule has 0 atom stereocenters. The van der Waals surface area contributed by atoms with Crippen LogP contribution in [0.15, 0.2) is 67.0 Å². The van der Waals surface area contributed by atoms with Gasteiger partial charge < -0.3 is 10.6 Å². The van der Waals surface area contributed by atoms with E-state index >= 15 is 0 Å². The molecule has 0 aliphatic rings. The number of nitrogens with zero attached hydrogens (tertiary/aromatic N) is 2. The van der Waals surface area contributed by atoms with Crippen LogP contribution in [0.1, 0.15) is 35.3 Å². The van der Waals surface area contributed by atoms with E-state index in [-0.39, 0.29) is 11.8 Å². The Balaban J connectivity index is 1.65. The Labute approximate surface area is 164 Å². The van der Waals surface area contributed by atoms with Gasteiger partial charge in [-0.1, -0.05) is 48.0 Å². The first-order valence-corrected chi connectivity index (χ1v) is 9.11. The molecule has 0 bridgehead atoms. The zero-order valence-corrected chi connectivity index (χ0v) is 16.3. The van der Waals surface area contributed by atoms with Crippen molar-refractivity contribution in [1.29, 1.82) is 0 Å². The van der Waals surface area contributed by atoms with Crippen molar-refractivity contribution in [2.45, 2.75) is 32.9 Å². The van der Waals surface area contributed by atoms with E-state index in [0.29, 0.717) is 17.8 Å². The topological polar surface area (TPSA) is 76.0 Å². The molecule has 2 amide bonds. The monoisotopic (exact) mass is 376 g/mol. The Hall–Kier alpha value is -3.41. The molecule has 1 aromatic heterocycles. The number of amides is 2. The van der Waals surface area contributed by atoms with Gasteiger partial charge in [0.15, 0.2) is 0 Å². The Morgan fingerprint density at radius 2 is 1.82 bits per heavy atom. The summed E-state index contributed by atoms with van der Waals surface area (Å²) >= 11 is 0. The highest BCUT2D eigenvalue weighted by Gasteiger charge is 2.30. The molecule has 0 fully saturated rings. The van der Waals surface area contributed by atoms with E-state index < -0.39 is 5.54 Å². The molecule has 0 aliphatic carbocycles. The number of benzene rings is 2. The SMILES string of the molecule is Cc1cccc(C(=O)Nc2cnn(C(C)(C)C(=O)NCc3ccccc3)c2)c1. The number of aryl methyl sites for hydroxylation is 1. The third-order valence-electron chi connectivity index (χ3n) is 4.55. The predicted octanol–water partition coefficient (Wildman–Crippen LogP) is 3.50. The lowest BCUT2D eigenvalue weighted by molar-refractivity contribution is -0.129. The molecule has 6 heteroatoms. The van der Waals surface area contributed by atoms with Crippen LogP contribution < -0.4 is 10.6 Å². The molecule has 0 radical (unpaired) electrons. The molecular weight excluding hydrogens is 352 g/mol. The quantitative estimate of drug-likeness (QED) is 0.691. The third kappa shape index (κ3) is 4.46. The predicted molar refractivity (Wildman–Crippen MR) is 109 cm³/mol. The molecule has 3 rings (SSSR count). The summed E-state index contributed by atoms with van der Waals surface area (Å²) in [5.74, 6) is -0.370. The van der Waals surface area contributed by atoms with Gasteiger partial charge in [-0.25, -0.2) is 0 Å². The number of carbonyl (C=O) groups is 2. The fraction of sp³-hybridized carbons (Fsp3) is 0.227. The Morgan fingerprint density at radius 3 is 2.54 bits per heavy atom. The first-order valence-electron chi connectivity index (χ1n) is 9.11. The van der Waals surface area contributed by atoms with Gasteiger partial charge in [0.25, 0.3) is 5.91 Å². The molecule has 1 heterocycles. The maximum atomic E-state index is 12.7. The van der Waals surface area contributed by atoms with Crippen molar-refractivity contribution >= 4 is 17.5 Å². The Morgan fingerprint density at radius 1 is 1.07 bits per heavy atom. The highest BCUT2D eigenvalue weighted by atomic mass is 16.2. The van der Waals surface area contributed by atoms with Crippen LogP contribution in [0.5, 0.6) is 0 Å². The van der Waals surface area contributed by atoms with Crippen LogP contribution in [0.3, 0.4) is 0 Å². The van der Waals surface area contributed by atoms with Gasteiger partial charge in [-0.15, -0.1) is 0 Å². The third-order valence-corrected chi connectivity index (χ3v) is 4.55. The summed E-state index contributed by atoms with van der Waals surface area (Å²) in [6, 6.07) is 17.1. The Kier molecular flexibility index (Phi) is 5.59. The Bertz CT molecular complexity index is 977. The molecule has 0 spiro atoms. The lowest BCUT2D eigenvalue weighted by Crippen LogP contribution is -2.44. The van der Waals surface area contributed by atoms with E-state index in [0.717, 1.165) is 11.1 Å². The molecular formula is C22H24N4O2. The van der Waals surface area contributed by atoms with Gasteiger partial charge in [-0.2, -0.15) is 5.10 Å². The summed E-state index contributed by atoms with van der Waals surface area (Å²) in [6.07, 6.45) is 3.20. The fourth-order valence-corrected chi connectivity index (χ4v) is 2.78. The molecule has 6 nitrogen and oxygen atoms in total. The number of aromatic nitrogens is 2. The van der Waals surface area contributed by atoms with Crippen molar-refractivity contribution in [3.05, 3.63) is 83.7 Å². The summed E-state index contributed by atoms with van der Waals surface area (Å²) in [5.41, 5.74) is 2.25. The van der Waals surface area contributed by atoms with Gasteiger partial charge in [0, 0.05) is 18.3 Å². The summed E-state index contributed by atoms with van der Waals surface area (Å²) in [7, 11) is 0. The molecule has 2 N–H and O–H groups in total. The molecule has 0 aliphatic heterocycles. The smallest absolute Gasteiger partial charge is 0.255 e.